The molecule has 2 aliphatic rings. The molecule has 1 heterocycles. The smallest absolute Gasteiger partial charge is 0.153 e. The normalized spacial score (nSPS) is 23.1. The Morgan fingerprint density at radius 2 is 1.83 bits per heavy atom. The Balaban J connectivity index is 1.80. The highest BCUT2D eigenvalue weighted by molar-refractivity contribution is 9.10. The number of rotatable bonds is 2. The lowest BCUT2D eigenvalue weighted by atomic mass is 10.1. The second-order valence-corrected chi connectivity index (χ2v) is 8.28. The standard InChI is InChI=1S/C13H16BrNO2S/c14-12-9-11(10-1-2-10)3-4-13(12)15-5-7-18(16,17)8-6-15/h3-4,9-10H,1-2,5-8H2. The Hall–Kier alpha value is -0.550. The number of hydrogen-bond acceptors (Lipinski definition) is 3. The lowest BCUT2D eigenvalue weighted by Crippen LogP contribution is -2.40. The minimum Gasteiger partial charge on any atom is -0.369 e. The molecule has 0 spiro atoms. The van der Waals surface area contributed by atoms with Gasteiger partial charge in [0.05, 0.1) is 17.2 Å². The van der Waals surface area contributed by atoms with Crippen LogP contribution in [0.4, 0.5) is 5.69 Å². The van der Waals surface area contributed by atoms with Gasteiger partial charge in [0.1, 0.15) is 0 Å². The van der Waals surface area contributed by atoms with Crippen molar-refractivity contribution < 1.29 is 8.42 Å². The van der Waals surface area contributed by atoms with Gasteiger partial charge in [-0.15, -0.1) is 0 Å². The van der Waals surface area contributed by atoms with E-state index in [2.05, 4.69) is 39.0 Å². The zero-order valence-corrected chi connectivity index (χ0v) is 12.5. The van der Waals surface area contributed by atoms with Gasteiger partial charge >= 0.3 is 0 Å². The van der Waals surface area contributed by atoms with Gasteiger partial charge in [-0.25, -0.2) is 8.42 Å². The maximum Gasteiger partial charge on any atom is 0.153 e. The number of hydrogen-bond donors (Lipinski definition) is 0. The number of benzene rings is 1. The monoisotopic (exact) mass is 329 g/mol. The molecule has 1 aromatic rings. The van der Waals surface area contributed by atoms with Gasteiger partial charge < -0.3 is 4.90 Å². The first-order valence-corrected chi connectivity index (χ1v) is 8.91. The molecule has 18 heavy (non-hydrogen) atoms. The summed E-state index contributed by atoms with van der Waals surface area (Å²) >= 11 is 3.62. The van der Waals surface area contributed by atoms with Crippen LogP contribution in [0.3, 0.4) is 0 Å². The van der Waals surface area contributed by atoms with E-state index < -0.39 is 9.84 Å². The maximum absolute atomic E-state index is 11.4. The average molecular weight is 330 g/mol. The zero-order valence-electron chi connectivity index (χ0n) is 10.1. The number of halogens is 1. The lowest BCUT2D eigenvalue weighted by Gasteiger charge is -2.29. The number of sulfone groups is 1. The molecular weight excluding hydrogens is 314 g/mol. The molecule has 1 aliphatic heterocycles. The Kier molecular flexibility index (Phi) is 3.14. The molecular formula is C13H16BrNO2S. The molecule has 0 unspecified atom stereocenters. The van der Waals surface area contributed by atoms with Crippen molar-refractivity contribution in [2.24, 2.45) is 0 Å². The molecule has 0 N–H and O–H groups in total. The van der Waals surface area contributed by atoms with Gasteiger partial charge in [0, 0.05) is 17.6 Å². The topological polar surface area (TPSA) is 37.4 Å². The van der Waals surface area contributed by atoms with Gasteiger partial charge in [0.2, 0.25) is 0 Å². The van der Waals surface area contributed by atoms with Gasteiger partial charge in [-0.05, 0) is 52.4 Å². The molecule has 3 nitrogen and oxygen atoms in total. The highest BCUT2D eigenvalue weighted by Gasteiger charge is 2.26. The Morgan fingerprint density at radius 1 is 1.17 bits per heavy atom. The van der Waals surface area contributed by atoms with Gasteiger partial charge in [0.25, 0.3) is 0 Å². The molecule has 3 rings (SSSR count). The molecule has 2 fully saturated rings. The van der Waals surface area contributed by atoms with Crippen molar-refractivity contribution in [1.29, 1.82) is 0 Å². The van der Waals surface area contributed by atoms with E-state index in [9.17, 15) is 8.42 Å². The minimum atomic E-state index is -2.81. The van der Waals surface area contributed by atoms with E-state index in [-0.39, 0.29) is 11.5 Å². The van der Waals surface area contributed by atoms with Crippen molar-refractivity contribution in [3.05, 3.63) is 28.2 Å². The quantitative estimate of drug-likeness (QED) is 0.836. The van der Waals surface area contributed by atoms with Crippen LogP contribution in [-0.4, -0.2) is 33.0 Å². The first-order chi connectivity index (χ1) is 8.55. The first-order valence-electron chi connectivity index (χ1n) is 6.30. The van der Waals surface area contributed by atoms with Gasteiger partial charge in [0.15, 0.2) is 9.84 Å². The molecule has 0 aromatic heterocycles. The van der Waals surface area contributed by atoms with Gasteiger partial charge in [-0.2, -0.15) is 0 Å². The van der Waals surface area contributed by atoms with Crippen molar-refractivity contribution in [3.8, 4) is 0 Å². The van der Waals surface area contributed by atoms with Crippen molar-refractivity contribution in [3.63, 3.8) is 0 Å². The molecule has 1 aromatic carbocycles. The third-order valence-electron chi connectivity index (χ3n) is 3.71. The van der Waals surface area contributed by atoms with Crippen LogP contribution in [-0.2, 0) is 9.84 Å². The molecule has 1 saturated carbocycles. The van der Waals surface area contributed by atoms with Crippen molar-refractivity contribution >= 4 is 31.5 Å². The molecule has 0 radical (unpaired) electrons. The third-order valence-corrected chi connectivity index (χ3v) is 5.95. The van der Waals surface area contributed by atoms with Crippen LogP contribution in [0.5, 0.6) is 0 Å². The van der Waals surface area contributed by atoms with Gasteiger partial charge in [-0.1, -0.05) is 6.07 Å². The number of anilines is 1. The largest absolute Gasteiger partial charge is 0.369 e. The highest BCUT2D eigenvalue weighted by atomic mass is 79.9. The lowest BCUT2D eigenvalue weighted by molar-refractivity contribution is 0.586. The Morgan fingerprint density at radius 3 is 2.39 bits per heavy atom. The van der Waals surface area contributed by atoms with Crippen LogP contribution >= 0.6 is 15.9 Å². The van der Waals surface area contributed by atoms with E-state index in [1.165, 1.54) is 18.4 Å². The second kappa shape index (κ2) is 4.53. The van der Waals surface area contributed by atoms with E-state index in [4.69, 9.17) is 0 Å². The summed E-state index contributed by atoms with van der Waals surface area (Å²) in [6.07, 6.45) is 2.60. The van der Waals surface area contributed by atoms with E-state index in [0.717, 1.165) is 16.1 Å². The molecule has 0 atom stereocenters. The highest BCUT2D eigenvalue weighted by Crippen LogP contribution is 2.42. The van der Waals surface area contributed by atoms with Crippen LogP contribution in [0, 0.1) is 0 Å². The van der Waals surface area contributed by atoms with Crippen molar-refractivity contribution in [2.45, 2.75) is 18.8 Å². The predicted molar refractivity (Wildman–Crippen MR) is 77.0 cm³/mol. The second-order valence-electron chi connectivity index (χ2n) is 5.12. The molecule has 1 saturated heterocycles. The van der Waals surface area contributed by atoms with Crippen LogP contribution < -0.4 is 4.90 Å². The maximum atomic E-state index is 11.4. The summed E-state index contributed by atoms with van der Waals surface area (Å²) in [5.41, 5.74) is 2.52. The van der Waals surface area contributed by atoms with E-state index in [0.29, 0.717) is 13.1 Å². The third kappa shape index (κ3) is 2.57. The summed E-state index contributed by atoms with van der Waals surface area (Å²) in [7, 11) is -2.81. The summed E-state index contributed by atoms with van der Waals surface area (Å²) < 4.78 is 23.9. The summed E-state index contributed by atoms with van der Waals surface area (Å²) in [4.78, 5) is 2.15. The SMILES string of the molecule is O=S1(=O)CCN(c2ccc(C3CC3)cc2Br)CC1. The van der Waals surface area contributed by atoms with E-state index >= 15 is 0 Å². The minimum absolute atomic E-state index is 0.268. The molecule has 98 valence electrons. The molecule has 0 amide bonds. The van der Waals surface area contributed by atoms with Crippen LogP contribution in [0.25, 0.3) is 0 Å². The first kappa shape index (κ1) is 12.5. The van der Waals surface area contributed by atoms with Gasteiger partial charge in [-0.3, -0.25) is 0 Å². The summed E-state index contributed by atoms with van der Waals surface area (Å²) in [6.45, 7) is 1.20. The van der Waals surface area contributed by atoms with Crippen molar-refractivity contribution in [2.75, 3.05) is 29.5 Å². The fourth-order valence-corrected chi connectivity index (χ4v) is 4.25. The molecule has 0 bridgehead atoms. The predicted octanol–water partition coefficient (Wildman–Crippen LogP) is 2.56. The number of nitrogens with zero attached hydrogens (tertiary/aromatic N) is 1. The van der Waals surface area contributed by atoms with Crippen LogP contribution in [0.1, 0.15) is 24.3 Å². The van der Waals surface area contributed by atoms with Crippen molar-refractivity contribution in [1.82, 2.24) is 0 Å². The Bertz CT molecular complexity index is 552. The van der Waals surface area contributed by atoms with E-state index in [1.807, 2.05) is 0 Å². The zero-order chi connectivity index (χ0) is 12.8. The Labute approximate surface area is 116 Å². The van der Waals surface area contributed by atoms with E-state index in [1.54, 1.807) is 0 Å². The van der Waals surface area contributed by atoms with Crippen LogP contribution in [0.15, 0.2) is 22.7 Å². The summed E-state index contributed by atoms with van der Waals surface area (Å²) in [6, 6.07) is 6.49. The fraction of sp³-hybridized carbons (Fsp3) is 0.538. The summed E-state index contributed by atoms with van der Waals surface area (Å²) in [5, 5.41) is 0. The van der Waals surface area contributed by atoms with Crippen LogP contribution in [0.2, 0.25) is 0 Å². The molecule has 1 aliphatic carbocycles. The summed E-state index contributed by atoms with van der Waals surface area (Å²) in [5.74, 6) is 1.28. The fourth-order valence-electron chi connectivity index (χ4n) is 2.40. The molecule has 5 heteroatoms. The average Bonchev–Trinajstić information content (AvgIpc) is 3.13.